The molecule has 0 unspecified atom stereocenters. The second kappa shape index (κ2) is 2.91. The largest absolute Gasteiger partial charge is 0.492 e. The third-order valence-corrected chi connectivity index (χ3v) is 1.06. The molecule has 0 fully saturated rings. The van der Waals surface area contributed by atoms with Gasteiger partial charge in [-0.2, -0.15) is 4.99 Å². The monoisotopic (exact) mass is 169 g/mol. The van der Waals surface area contributed by atoms with Crippen LogP contribution in [-0.2, 0) is 0 Å². The summed E-state index contributed by atoms with van der Waals surface area (Å²) in [5.74, 6) is -1.55. The van der Waals surface area contributed by atoms with Crippen LogP contribution in [0.2, 0.25) is 0 Å². The number of hydrogen-bond donors (Lipinski definition) is 4. The summed E-state index contributed by atoms with van der Waals surface area (Å²) in [4.78, 5) is 19.9. The van der Waals surface area contributed by atoms with Crippen molar-refractivity contribution >= 4 is 11.9 Å². The van der Waals surface area contributed by atoms with Crippen LogP contribution in [0.4, 0.5) is 0 Å². The number of imidazole rings is 1. The van der Waals surface area contributed by atoms with Crippen molar-refractivity contribution in [3.63, 3.8) is 0 Å². The molecule has 64 valence electrons. The highest BCUT2D eigenvalue weighted by molar-refractivity contribution is 6.01. The van der Waals surface area contributed by atoms with Crippen molar-refractivity contribution < 1.29 is 9.90 Å². The number of nitrogens with two attached hydrogens (primary N) is 2. The number of nitrogens with zero attached hydrogens (tertiary/aromatic N) is 2. The Hall–Kier alpha value is -2.05. The van der Waals surface area contributed by atoms with Crippen LogP contribution in [0.15, 0.2) is 11.3 Å². The number of carbonyl (C=O) groups excluding carboxylic acids is 1. The summed E-state index contributed by atoms with van der Waals surface area (Å²) in [5, 5.41) is 8.92. The molecule has 0 aliphatic rings. The summed E-state index contributed by atoms with van der Waals surface area (Å²) < 4.78 is 0. The molecule has 0 spiro atoms. The van der Waals surface area contributed by atoms with Crippen molar-refractivity contribution in [3.05, 3.63) is 12.0 Å². The zero-order valence-electron chi connectivity index (χ0n) is 5.98. The maximum absolute atomic E-state index is 11.0. The van der Waals surface area contributed by atoms with Crippen LogP contribution in [0.3, 0.4) is 0 Å². The number of nitrogens with one attached hydrogen (secondary N) is 1. The van der Waals surface area contributed by atoms with Gasteiger partial charge in [0.05, 0.1) is 6.33 Å². The standard InChI is InChI=1S/C5H7N5O2/c6-5(7)10-4(12)2-3(11)9-1-8-2/h1,11H,(H,8,9)(H4,6,7,10,12). The van der Waals surface area contributed by atoms with Crippen molar-refractivity contribution in [1.82, 2.24) is 9.97 Å². The highest BCUT2D eigenvalue weighted by Gasteiger charge is 2.12. The molecule has 7 heteroatoms. The molecule has 0 aliphatic carbocycles. The molecule has 1 rings (SSSR count). The maximum Gasteiger partial charge on any atom is 0.302 e. The Bertz CT molecular complexity index is 324. The molecule has 6 N–H and O–H groups in total. The van der Waals surface area contributed by atoms with Crippen LogP contribution in [0, 0.1) is 0 Å². The van der Waals surface area contributed by atoms with E-state index >= 15 is 0 Å². The lowest BCUT2D eigenvalue weighted by Gasteiger charge is -1.90. The normalized spacial score (nSPS) is 9.33. The lowest BCUT2D eigenvalue weighted by Crippen LogP contribution is -2.24. The molecule has 0 bridgehead atoms. The molecule has 1 heterocycles. The molecular weight excluding hydrogens is 162 g/mol. The van der Waals surface area contributed by atoms with E-state index in [0.29, 0.717) is 0 Å². The van der Waals surface area contributed by atoms with E-state index < -0.39 is 11.8 Å². The molecule has 0 radical (unpaired) electrons. The molecule has 1 aromatic heterocycles. The number of aromatic nitrogens is 2. The van der Waals surface area contributed by atoms with Crippen molar-refractivity contribution in [2.24, 2.45) is 16.5 Å². The predicted molar refractivity (Wildman–Crippen MR) is 40.4 cm³/mol. The Labute approximate surface area is 67.1 Å². The minimum Gasteiger partial charge on any atom is -0.492 e. The second-order valence-electron chi connectivity index (χ2n) is 1.94. The van der Waals surface area contributed by atoms with Crippen molar-refractivity contribution in [3.8, 4) is 5.88 Å². The Morgan fingerprint density at radius 1 is 1.67 bits per heavy atom. The molecule has 7 nitrogen and oxygen atoms in total. The van der Waals surface area contributed by atoms with Gasteiger partial charge in [-0.1, -0.05) is 0 Å². The van der Waals surface area contributed by atoms with E-state index in [4.69, 9.17) is 16.6 Å². The minimum absolute atomic E-state index is 0.136. The summed E-state index contributed by atoms with van der Waals surface area (Å²) in [6.45, 7) is 0. The van der Waals surface area contributed by atoms with Gasteiger partial charge < -0.3 is 21.6 Å². The number of aromatic hydroxyl groups is 1. The SMILES string of the molecule is NC(N)=NC(=O)c1[nH]cnc1O. The van der Waals surface area contributed by atoms with E-state index in [9.17, 15) is 4.79 Å². The first kappa shape index (κ1) is 8.05. The zero-order valence-corrected chi connectivity index (χ0v) is 5.98. The van der Waals surface area contributed by atoms with Crippen molar-refractivity contribution in [2.75, 3.05) is 0 Å². The fourth-order valence-electron chi connectivity index (χ4n) is 0.618. The number of rotatable bonds is 1. The fraction of sp³-hybridized carbons (Fsp3) is 0. The van der Waals surface area contributed by atoms with Gasteiger partial charge in [0.15, 0.2) is 11.7 Å². The Balaban J connectivity index is 2.93. The van der Waals surface area contributed by atoms with Crippen LogP contribution >= 0.6 is 0 Å². The third-order valence-electron chi connectivity index (χ3n) is 1.06. The highest BCUT2D eigenvalue weighted by atomic mass is 16.3. The van der Waals surface area contributed by atoms with Crippen LogP contribution < -0.4 is 11.5 Å². The van der Waals surface area contributed by atoms with Crippen LogP contribution in [0.25, 0.3) is 0 Å². The first-order valence-corrected chi connectivity index (χ1v) is 2.97. The van der Waals surface area contributed by atoms with E-state index in [1.54, 1.807) is 0 Å². The molecule has 0 atom stereocenters. The predicted octanol–water partition coefficient (Wildman–Crippen LogP) is -1.47. The number of aromatic amines is 1. The lowest BCUT2D eigenvalue weighted by atomic mass is 10.4. The van der Waals surface area contributed by atoms with E-state index in [0.717, 1.165) is 6.33 Å². The molecule has 0 saturated carbocycles. The molecule has 1 aromatic rings. The van der Waals surface area contributed by atoms with Gasteiger partial charge in [0.2, 0.25) is 5.88 Å². The third kappa shape index (κ3) is 1.51. The van der Waals surface area contributed by atoms with E-state index in [1.165, 1.54) is 0 Å². The van der Waals surface area contributed by atoms with E-state index in [2.05, 4.69) is 15.0 Å². The van der Waals surface area contributed by atoms with Crippen LogP contribution in [0.5, 0.6) is 5.88 Å². The number of hydrogen-bond acceptors (Lipinski definition) is 3. The number of carbonyl (C=O) groups is 1. The summed E-state index contributed by atoms with van der Waals surface area (Å²) >= 11 is 0. The molecular formula is C5H7N5O2. The van der Waals surface area contributed by atoms with Gasteiger partial charge in [0.25, 0.3) is 0 Å². The summed E-state index contributed by atoms with van der Waals surface area (Å²) in [5.41, 5.74) is 9.75. The minimum atomic E-state index is -0.759. The molecule has 0 aromatic carbocycles. The molecule has 0 saturated heterocycles. The Morgan fingerprint density at radius 3 is 2.75 bits per heavy atom. The number of guanidine groups is 1. The number of amides is 1. The van der Waals surface area contributed by atoms with Gasteiger partial charge in [-0.3, -0.25) is 4.79 Å². The Kier molecular flexibility index (Phi) is 1.95. The van der Waals surface area contributed by atoms with E-state index in [-0.39, 0.29) is 11.7 Å². The fourth-order valence-corrected chi connectivity index (χ4v) is 0.618. The van der Waals surface area contributed by atoms with E-state index in [1.807, 2.05) is 0 Å². The van der Waals surface area contributed by atoms with Gasteiger partial charge >= 0.3 is 5.91 Å². The van der Waals surface area contributed by atoms with Gasteiger partial charge in [0, 0.05) is 0 Å². The molecule has 1 amide bonds. The smallest absolute Gasteiger partial charge is 0.302 e. The van der Waals surface area contributed by atoms with Crippen molar-refractivity contribution in [1.29, 1.82) is 0 Å². The average Bonchev–Trinajstić information content (AvgIpc) is 2.33. The second-order valence-corrected chi connectivity index (χ2v) is 1.94. The van der Waals surface area contributed by atoms with Gasteiger partial charge in [-0.15, -0.1) is 0 Å². The quantitative estimate of drug-likeness (QED) is 0.301. The molecule has 0 aliphatic heterocycles. The van der Waals surface area contributed by atoms with Crippen LogP contribution in [-0.4, -0.2) is 26.9 Å². The maximum atomic E-state index is 11.0. The number of H-pyrrole nitrogens is 1. The summed E-state index contributed by atoms with van der Waals surface area (Å²) in [6, 6.07) is 0. The first-order valence-electron chi connectivity index (χ1n) is 2.97. The topological polar surface area (TPSA) is 130 Å². The molecule has 12 heavy (non-hydrogen) atoms. The van der Waals surface area contributed by atoms with Crippen LogP contribution in [0.1, 0.15) is 10.5 Å². The van der Waals surface area contributed by atoms with Crippen molar-refractivity contribution in [2.45, 2.75) is 0 Å². The summed E-state index contributed by atoms with van der Waals surface area (Å²) in [6.07, 6.45) is 1.16. The number of aliphatic imine (C=N–C) groups is 1. The first-order chi connectivity index (χ1) is 5.61. The van der Waals surface area contributed by atoms with Gasteiger partial charge in [-0.05, 0) is 0 Å². The highest BCUT2D eigenvalue weighted by Crippen LogP contribution is 2.10. The zero-order chi connectivity index (χ0) is 9.14. The summed E-state index contributed by atoms with van der Waals surface area (Å²) in [7, 11) is 0. The van der Waals surface area contributed by atoms with Gasteiger partial charge in [0.1, 0.15) is 0 Å². The average molecular weight is 169 g/mol. The van der Waals surface area contributed by atoms with Gasteiger partial charge in [-0.25, -0.2) is 4.98 Å². The Morgan fingerprint density at radius 2 is 2.33 bits per heavy atom. The lowest BCUT2D eigenvalue weighted by molar-refractivity contribution is 0.0995.